The summed E-state index contributed by atoms with van der Waals surface area (Å²) in [6, 6.07) is 1.88. The molecule has 0 unspecified atom stereocenters. The first-order valence-electron chi connectivity index (χ1n) is 3.00. The van der Waals surface area contributed by atoms with Gasteiger partial charge in [0.1, 0.15) is 11.1 Å². The molecule has 0 aliphatic rings. The predicted octanol–water partition coefficient (Wildman–Crippen LogP) is 1.18. The van der Waals surface area contributed by atoms with Crippen molar-refractivity contribution < 1.29 is 21.6 Å². The summed E-state index contributed by atoms with van der Waals surface area (Å²) in [5.74, 6) is 0. The second kappa shape index (κ2) is 2.99. The molecule has 1 aromatic heterocycles. The summed E-state index contributed by atoms with van der Waals surface area (Å²) >= 11 is 0. The summed E-state index contributed by atoms with van der Waals surface area (Å²) in [5, 5.41) is 0. The van der Waals surface area contributed by atoms with E-state index in [0.717, 1.165) is 18.3 Å². The van der Waals surface area contributed by atoms with Crippen LogP contribution in [0.5, 0.6) is 0 Å². The highest BCUT2D eigenvalue weighted by Crippen LogP contribution is 2.28. The molecule has 7 heteroatoms. The number of rotatable bonds is 1. The Kier molecular flexibility index (Phi) is 2.29. The summed E-state index contributed by atoms with van der Waals surface area (Å²) in [5.41, 5.74) is -5.30. The lowest BCUT2D eigenvalue weighted by molar-refractivity contribution is -0.0436. The highest BCUT2D eigenvalue weighted by atomic mass is 32.2. The van der Waals surface area contributed by atoms with Crippen LogP contribution in [0.3, 0.4) is 0 Å². The summed E-state index contributed by atoms with van der Waals surface area (Å²) in [4.78, 5) is 2.19. The second-order valence-electron chi connectivity index (χ2n) is 2.06. The minimum Gasteiger partial charge on any atom is -0.253 e. The molecule has 0 amide bonds. The second-order valence-corrected chi connectivity index (χ2v) is 3.97. The number of hydrogen-bond acceptors (Lipinski definition) is 3. The van der Waals surface area contributed by atoms with Crippen molar-refractivity contribution in [1.29, 1.82) is 0 Å². The molecular weight excluding hydrogens is 207 g/mol. The lowest BCUT2D eigenvalue weighted by Crippen LogP contribution is -2.23. The van der Waals surface area contributed by atoms with Crippen LogP contribution in [0, 0.1) is 6.20 Å². The standard InChI is InChI=1S/C6H3F3NO2S/c7-6(8,9)13(11,12)5-2-1-3-10-4-5/h1-3H. The molecule has 71 valence electrons. The van der Waals surface area contributed by atoms with E-state index in [1.54, 1.807) is 6.20 Å². The molecule has 0 saturated carbocycles. The van der Waals surface area contributed by atoms with Crippen LogP contribution in [-0.4, -0.2) is 18.9 Å². The van der Waals surface area contributed by atoms with Crippen LogP contribution in [0.15, 0.2) is 23.2 Å². The van der Waals surface area contributed by atoms with Crippen molar-refractivity contribution in [3.8, 4) is 0 Å². The van der Waals surface area contributed by atoms with E-state index in [4.69, 9.17) is 0 Å². The third-order valence-corrected chi connectivity index (χ3v) is 2.59. The molecule has 13 heavy (non-hydrogen) atoms. The van der Waals surface area contributed by atoms with Crippen LogP contribution < -0.4 is 0 Å². The van der Waals surface area contributed by atoms with E-state index in [0.29, 0.717) is 0 Å². The number of aromatic nitrogens is 1. The van der Waals surface area contributed by atoms with Gasteiger partial charge in [0.15, 0.2) is 0 Å². The van der Waals surface area contributed by atoms with Gasteiger partial charge in [-0.1, -0.05) is 0 Å². The zero-order valence-corrected chi connectivity index (χ0v) is 6.85. The molecule has 0 aromatic carbocycles. The molecule has 1 rings (SSSR count). The molecule has 0 atom stereocenters. The Morgan fingerprint density at radius 2 is 2.00 bits per heavy atom. The molecular formula is C6H3F3NO2S. The van der Waals surface area contributed by atoms with Gasteiger partial charge in [0.2, 0.25) is 0 Å². The Balaban J connectivity index is 3.26. The van der Waals surface area contributed by atoms with E-state index in [2.05, 4.69) is 4.98 Å². The van der Waals surface area contributed by atoms with Gasteiger partial charge in [0, 0.05) is 6.20 Å². The molecule has 0 N–H and O–H groups in total. The maximum absolute atomic E-state index is 11.9. The van der Waals surface area contributed by atoms with Gasteiger partial charge in [0.25, 0.3) is 9.84 Å². The fourth-order valence-corrected chi connectivity index (χ4v) is 1.27. The Morgan fingerprint density at radius 3 is 2.38 bits per heavy atom. The van der Waals surface area contributed by atoms with Gasteiger partial charge in [-0.15, -0.1) is 0 Å². The molecule has 0 aliphatic heterocycles. The summed E-state index contributed by atoms with van der Waals surface area (Å²) < 4.78 is 57.0. The van der Waals surface area contributed by atoms with Gasteiger partial charge in [-0.2, -0.15) is 13.2 Å². The first-order chi connectivity index (χ1) is 5.86. The molecule has 0 fully saturated rings. The molecule has 1 radical (unpaired) electrons. The van der Waals surface area contributed by atoms with Gasteiger partial charge < -0.3 is 0 Å². The van der Waals surface area contributed by atoms with Crippen LogP contribution in [0.2, 0.25) is 0 Å². The highest BCUT2D eigenvalue weighted by Gasteiger charge is 2.47. The third kappa shape index (κ3) is 1.80. The maximum Gasteiger partial charge on any atom is 0.501 e. The summed E-state index contributed by atoms with van der Waals surface area (Å²) in [6.45, 7) is 0. The minimum atomic E-state index is -5.30. The van der Waals surface area contributed by atoms with Crippen LogP contribution in [0.1, 0.15) is 0 Å². The number of sulfone groups is 1. The molecule has 0 aliphatic carbocycles. The topological polar surface area (TPSA) is 47.0 Å². The Bertz CT molecular complexity index is 384. The Hall–Kier alpha value is -1.11. The van der Waals surface area contributed by atoms with Crippen molar-refractivity contribution in [2.45, 2.75) is 10.4 Å². The first kappa shape index (κ1) is 9.97. The minimum absolute atomic E-state index is 0.788. The number of halogens is 3. The lowest BCUT2D eigenvalue weighted by Gasteiger charge is -2.05. The number of pyridine rings is 1. The van der Waals surface area contributed by atoms with Crippen LogP contribution in [0.25, 0.3) is 0 Å². The smallest absolute Gasteiger partial charge is 0.253 e. The predicted molar refractivity (Wildman–Crippen MR) is 36.3 cm³/mol. The summed E-state index contributed by atoms with van der Waals surface area (Å²) in [7, 11) is -5.29. The fourth-order valence-electron chi connectivity index (χ4n) is 0.586. The molecule has 1 aromatic rings. The fraction of sp³-hybridized carbons (Fsp3) is 0.167. The van der Waals surface area contributed by atoms with Gasteiger partial charge in [-0.25, -0.2) is 8.42 Å². The number of nitrogens with zero attached hydrogens (tertiary/aromatic N) is 1. The van der Waals surface area contributed by atoms with E-state index in [1.807, 2.05) is 0 Å². The van der Waals surface area contributed by atoms with Crippen molar-refractivity contribution in [1.82, 2.24) is 4.98 Å². The van der Waals surface area contributed by atoms with E-state index in [1.165, 1.54) is 0 Å². The zero-order valence-electron chi connectivity index (χ0n) is 6.04. The maximum atomic E-state index is 11.9. The Morgan fingerprint density at radius 1 is 1.38 bits per heavy atom. The number of alkyl halides is 3. The highest BCUT2D eigenvalue weighted by molar-refractivity contribution is 7.92. The number of hydrogen-bond donors (Lipinski definition) is 0. The van der Waals surface area contributed by atoms with Gasteiger partial charge >= 0.3 is 5.51 Å². The zero-order chi connectivity index (χ0) is 10.1. The van der Waals surface area contributed by atoms with Crippen LogP contribution in [0.4, 0.5) is 13.2 Å². The SMILES string of the molecule is O=S(=O)(c1[c]nccc1)C(F)(F)F. The van der Waals surface area contributed by atoms with Gasteiger partial charge in [-0.3, -0.25) is 4.98 Å². The van der Waals surface area contributed by atoms with Crippen molar-refractivity contribution in [3.05, 3.63) is 24.5 Å². The van der Waals surface area contributed by atoms with E-state index >= 15 is 0 Å². The van der Waals surface area contributed by atoms with Crippen LogP contribution in [-0.2, 0) is 9.84 Å². The van der Waals surface area contributed by atoms with Gasteiger partial charge in [0.05, 0.1) is 0 Å². The lowest BCUT2D eigenvalue weighted by atomic mass is 10.5. The monoisotopic (exact) mass is 210 g/mol. The van der Waals surface area contributed by atoms with E-state index in [-0.39, 0.29) is 0 Å². The molecule has 1 heterocycles. The quantitative estimate of drug-likeness (QED) is 0.699. The average molecular weight is 210 g/mol. The van der Waals surface area contributed by atoms with Gasteiger partial charge in [-0.05, 0) is 12.1 Å². The average Bonchev–Trinajstić information content (AvgIpc) is 2.04. The largest absolute Gasteiger partial charge is 0.501 e. The summed E-state index contributed by atoms with van der Waals surface area (Å²) in [6.07, 6.45) is 2.89. The molecule has 0 bridgehead atoms. The van der Waals surface area contributed by atoms with E-state index < -0.39 is 20.2 Å². The third-order valence-electron chi connectivity index (χ3n) is 1.18. The van der Waals surface area contributed by atoms with E-state index in [9.17, 15) is 21.6 Å². The van der Waals surface area contributed by atoms with Crippen molar-refractivity contribution >= 4 is 9.84 Å². The Labute approximate surface area is 72.1 Å². The normalized spacial score (nSPS) is 12.8. The molecule has 0 spiro atoms. The molecule has 3 nitrogen and oxygen atoms in total. The van der Waals surface area contributed by atoms with Crippen molar-refractivity contribution in [2.75, 3.05) is 0 Å². The van der Waals surface area contributed by atoms with Crippen LogP contribution >= 0.6 is 0 Å². The first-order valence-corrected chi connectivity index (χ1v) is 4.48. The van der Waals surface area contributed by atoms with Crippen molar-refractivity contribution in [3.63, 3.8) is 0 Å². The van der Waals surface area contributed by atoms with Crippen molar-refractivity contribution in [2.24, 2.45) is 0 Å². The molecule has 0 saturated heterocycles.